The number of nitrogens with two attached hydrogens (primary N) is 3. The highest BCUT2D eigenvalue weighted by molar-refractivity contribution is 6.01. The Labute approximate surface area is 642 Å². The van der Waals surface area contributed by atoms with E-state index in [4.69, 9.17) is 17.2 Å². The molecule has 13 unspecified atom stereocenters. The highest BCUT2D eigenvalue weighted by Crippen LogP contribution is 2.27. The number of para-hydroxylation sites is 1. The molecule has 0 aliphatic carbocycles. The van der Waals surface area contributed by atoms with Crippen LogP contribution in [0.3, 0.4) is 0 Å². The number of phenols is 3. The number of nitrogens with zero attached hydrogens (tertiary/aromatic N) is 2. The second-order valence-electron chi connectivity index (χ2n) is 29.2. The second-order valence-corrected chi connectivity index (χ2v) is 29.2. The zero-order chi connectivity index (χ0) is 81.3. The van der Waals surface area contributed by atoms with E-state index in [0.717, 1.165) is 4.90 Å². The molecule has 5 aromatic rings. The Morgan fingerprint density at radius 3 is 1.70 bits per heavy atom. The lowest BCUT2D eigenvalue weighted by Gasteiger charge is -2.31. The monoisotopic (exact) mass is 1530 g/mol. The van der Waals surface area contributed by atoms with Gasteiger partial charge in [-0.05, 0) is 134 Å². The number of phenolic OH excluding ortho intramolecular Hbond substituents is 3. The number of aliphatic imine (C=N–C) groups is 1. The van der Waals surface area contributed by atoms with Gasteiger partial charge >= 0.3 is 0 Å². The Morgan fingerprint density at radius 2 is 1.14 bits per heavy atom. The number of rotatable bonds is 44. The van der Waals surface area contributed by atoms with Crippen LogP contribution in [0.5, 0.6) is 17.2 Å². The van der Waals surface area contributed by atoms with Gasteiger partial charge in [-0.1, -0.05) is 88.7 Å². The number of Topliss-reactive ketones (excluding diaryl/α,β-unsaturated/α-hetero) is 4. The van der Waals surface area contributed by atoms with Crippen LogP contribution in [0.25, 0.3) is 10.9 Å². The van der Waals surface area contributed by atoms with Gasteiger partial charge in [0.2, 0.25) is 59.1 Å². The molecule has 111 heavy (non-hydrogen) atoms. The van der Waals surface area contributed by atoms with Crippen LogP contribution in [0.4, 0.5) is 0 Å². The third-order valence-electron chi connectivity index (χ3n) is 20.1. The van der Waals surface area contributed by atoms with Gasteiger partial charge in [-0.3, -0.25) is 72.1 Å². The summed E-state index contributed by atoms with van der Waals surface area (Å²) in [6, 6.07) is 13.4. The molecule has 1 aromatic heterocycles. The SMILES string of the molecule is CCC(C)C(CC(=O)C(NC(=O)C(CC(N)=O)CC(=O)C(CCC(N)=O)NC(=O)C1CCCN1C(=O)C(NC(=O)C(CC(=O)CNC(=O)C(Cc1ccc(O)cc1)NC(=O)C(Cc1c[nH]c2ccccc12)NC(=O)C(CC1=CN=CC1)NC(=O)C(N)Cc1ccc(O)cc1)Cc1ccc(O)cc1)C(C)O)C(C)C)C(C)=O. The number of aliphatic hydroxyl groups is 1. The van der Waals surface area contributed by atoms with Gasteiger partial charge in [0, 0.05) is 99.3 Å². The molecule has 18 N–H and O–H groups in total. The van der Waals surface area contributed by atoms with Crippen LogP contribution in [0, 0.1) is 29.6 Å². The maximum Gasteiger partial charge on any atom is 0.248 e. The molecule has 2 aliphatic rings. The van der Waals surface area contributed by atoms with Crippen molar-refractivity contribution in [3.63, 3.8) is 0 Å². The molecule has 1 fully saturated rings. The van der Waals surface area contributed by atoms with E-state index in [1.807, 2.05) is 19.9 Å². The number of benzene rings is 4. The van der Waals surface area contributed by atoms with Crippen molar-refractivity contribution in [2.45, 2.75) is 192 Å². The molecular weight excluding hydrogens is 1430 g/mol. The number of aromatic amines is 1. The summed E-state index contributed by atoms with van der Waals surface area (Å²) in [5, 5.41) is 60.8. The highest BCUT2D eigenvalue weighted by atomic mass is 16.3. The average molecular weight is 1530 g/mol. The third-order valence-corrected chi connectivity index (χ3v) is 20.1. The first-order chi connectivity index (χ1) is 52.7. The molecule has 2 aliphatic heterocycles. The van der Waals surface area contributed by atoms with Crippen molar-refractivity contribution in [3.8, 4) is 17.2 Å². The quantitative estimate of drug-likeness (QED) is 0.0266. The number of amides is 10. The zero-order valence-electron chi connectivity index (χ0n) is 63.2. The maximum absolute atomic E-state index is 15.0. The summed E-state index contributed by atoms with van der Waals surface area (Å²) in [4.78, 5) is 204. The number of primary amides is 2. The summed E-state index contributed by atoms with van der Waals surface area (Å²) in [5.41, 5.74) is 20.9. The minimum Gasteiger partial charge on any atom is -0.508 e. The number of likely N-dealkylation sites (tertiary alicyclic amines) is 1. The molecule has 0 radical (unpaired) electrons. The standard InChI is InChI=1S/C80H103N13O18/c1-7-44(4)59(45(5)94)39-68(101)71(43(2)3)91-74(105)52(38-70(83)103)37-67(100)62(26-27-69(82)102)87-79(110)66-13-10-30-93(66)80(111)72(46(6)95)92-73(104)51(31-47-14-20-54(96)21-15-47)35-57(99)42-86-76(107)63(33-49-18-24-56(98)25-19-49)89-78(109)65(36-53-41-85-61-12-9-8-11-58(53)61)90-77(108)64(34-50-28-29-84-40-50)88-75(106)60(81)32-48-16-22-55(97)23-17-48/h8-9,11-12,14-25,29,40-41,43-44,46,51-52,59-60,62-66,71-72,85,95-98H,7,10,13,26-28,30-39,42,81H2,1-6H3,(H2,82,102)(H2,83,103)(H,86,107)(H,87,110)(H,88,106)(H,89,109)(H,90,108)(H,91,105)(H,92,104). The average Bonchev–Trinajstić information content (AvgIpc) is 1.72. The van der Waals surface area contributed by atoms with Crippen LogP contribution in [-0.4, -0.2) is 186 Å². The largest absolute Gasteiger partial charge is 0.508 e. The lowest BCUT2D eigenvalue weighted by molar-refractivity contribution is -0.145. The van der Waals surface area contributed by atoms with E-state index in [1.165, 1.54) is 74.5 Å². The number of aromatic nitrogens is 1. The van der Waals surface area contributed by atoms with Gasteiger partial charge in [0.1, 0.15) is 53.2 Å². The summed E-state index contributed by atoms with van der Waals surface area (Å²) in [6.45, 7) is 8.77. The van der Waals surface area contributed by atoms with E-state index in [0.29, 0.717) is 51.6 Å². The van der Waals surface area contributed by atoms with Gasteiger partial charge in [-0.15, -0.1) is 0 Å². The van der Waals surface area contributed by atoms with Crippen LogP contribution in [0.2, 0.25) is 0 Å². The van der Waals surface area contributed by atoms with Crippen LogP contribution in [-0.2, 0) is 92.8 Å². The first-order valence-electron chi connectivity index (χ1n) is 37.2. The fourth-order valence-electron chi connectivity index (χ4n) is 13.6. The molecular formula is C80H103N13O18. The van der Waals surface area contributed by atoms with Crippen LogP contribution < -0.4 is 54.4 Å². The molecule has 13 atom stereocenters. The molecule has 0 spiro atoms. The topological polar surface area (TPSA) is 514 Å². The van der Waals surface area contributed by atoms with E-state index < -0.39 is 193 Å². The van der Waals surface area contributed by atoms with E-state index in [9.17, 15) is 82.8 Å². The number of H-pyrrole nitrogens is 1. The number of hydrogen-bond acceptors (Lipinski definition) is 20. The number of aliphatic hydroxyl groups excluding tert-OH is 1. The van der Waals surface area contributed by atoms with Crippen molar-refractivity contribution in [2.24, 2.45) is 51.8 Å². The van der Waals surface area contributed by atoms with Gasteiger partial charge in [0.15, 0.2) is 17.3 Å². The van der Waals surface area contributed by atoms with Crippen LogP contribution in [0.15, 0.2) is 120 Å². The normalized spacial score (nSPS) is 16.5. The Morgan fingerprint density at radius 1 is 0.586 bits per heavy atom. The van der Waals surface area contributed by atoms with Gasteiger partial charge in [-0.25, -0.2) is 0 Å². The fraction of sp³-hybridized carbons (Fsp3) is 0.463. The molecule has 1 saturated heterocycles. The number of ketones is 4. The first-order valence-corrected chi connectivity index (χ1v) is 37.2. The Bertz CT molecular complexity index is 4230. The zero-order valence-corrected chi connectivity index (χ0v) is 63.2. The maximum atomic E-state index is 15.0. The van der Waals surface area contributed by atoms with Crippen molar-refractivity contribution < 1.29 is 87.5 Å². The lowest BCUT2D eigenvalue weighted by Crippen LogP contribution is -2.59. The fourth-order valence-corrected chi connectivity index (χ4v) is 13.6. The van der Waals surface area contributed by atoms with E-state index in [-0.39, 0.29) is 86.9 Å². The van der Waals surface area contributed by atoms with Gasteiger partial charge in [0.25, 0.3) is 0 Å². The summed E-state index contributed by atoms with van der Waals surface area (Å²) in [7, 11) is 0. The number of fused-ring (bicyclic) bond motifs is 1. The predicted molar refractivity (Wildman–Crippen MR) is 409 cm³/mol. The number of nitrogens with one attached hydrogen (secondary N) is 8. The number of carbonyl (C=O) groups excluding carboxylic acids is 14. The number of carbonyl (C=O) groups is 14. The Balaban J connectivity index is 1.07. The van der Waals surface area contributed by atoms with Crippen molar-refractivity contribution >= 4 is 99.3 Å². The van der Waals surface area contributed by atoms with Crippen LogP contribution >= 0.6 is 0 Å². The van der Waals surface area contributed by atoms with E-state index in [1.54, 1.807) is 62.8 Å². The first kappa shape index (κ1) is 86.8. The number of hydrogen-bond donors (Lipinski definition) is 15. The molecule has 596 valence electrons. The Kier molecular flexibility index (Phi) is 32.3. The van der Waals surface area contributed by atoms with Crippen molar-refractivity contribution in [2.75, 3.05) is 13.1 Å². The lowest BCUT2D eigenvalue weighted by atomic mass is 9.82. The van der Waals surface area contributed by atoms with Gasteiger partial charge in [-0.2, -0.15) is 0 Å². The van der Waals surface area contributed by atoms with Crippen LogP contribution in [0.1, 0.15) is 134 Å². The van der Waals surface area contributed by atoms with E-state index >= 15 is 4.79 Å². The molecule has 0 bridgehead atoms. The molecule has 0 saturated carbocycles. The molecule has 10 amide bonds. The van der Waals surface area contributed by atoms with Crippen molar-refractivity contribution in [1.82, 2.24) is 47.1 Å². The molecule has 31 heteroatoms. The molecule has 31 nitrogen and oxygen atoms in total. The van der Waals surface area contributed by atoms with E-state index in [2.05, 4.69) is 47.2 Å². The molecule has 3 heterocycles. The van der Waals surface area contributed by atoms with Crippen molar-refractivity contribution in [3.05, 3.63) is 137 Å². The van der Waals surface area contributed by atoms with Crippen molar-refractivity contribution in [1.29, 1.82) is 0 Å². The molecule has 4 aromatic carbocycles. The number of aromatic hydroxyl groups is 3. The van der Waals surface area contributed by atoms with Gasteiger partial charge < -0.3 is 84.7 Å². The highest BCUT2D eigenvalue weighted by Gasteiger charge is 2.43. The summed E-state index contributed by atoms with van der Waals surface area (Å²) < 4.78 is 0. The predicted octanol–water partition coefficient (Wildman–Crippen LogP) is 2.19. The summed E-state index contributed by atoms with van der Waals surface area (Å²) in [5.74, 6) is -15.5. The smallest absolute Gasteiger partial charge is 0.248 e. The van der Waals surface area contributed by atoms with Gasteiger partial charge in [0.05, 0.1) is 36.7 Å². The minimum atomic E-state index is -1.79. The third kappa shape index (κ3) is 26.1. The Hall–Kier alpha value is -11.5. The second kappa shape index (κ2) is 41.4. The summed E-state index contributed by atoms with van der Waals surface area (Å²) in [6.07, 6.45) is 0.671. The minimum absolute atomic E-state index is 0.00332. The molecule has 7 rings (SSSR count). The summed E-state index contributed by atoms with van der Waals surface area (Å²) >= 11 is 0.